The van der Waals surface area contributed by atoms with E-state index in [1.54, 1.807) is 31.2 Å². The van der Waals surface area contributed by atoms with Crippen molar-refractivity contribution >= 4 is 17.7 Å². The first-order valence-corrected chi connectivity index (χ1v) is 11.2. The van der Waals surface area contributed by atoms with Crippen molar-refractivity contribution in [2.24, 2.45) is 17.6 Å². The molecular formula is C24H26FN5O5. The second-order valence-electron chi connectivity index (χ2n) is 8.56. The molecule has 184 valence electrons. The van der Waals surface area contributed by atoms with E-state index in [2.05, 4.69) is 15.2 Å². The Labute approximate surface area is 201 Å². The highest BCUT2D eigenvalue weighted by Crippen LogP contribution is 2.30. The molecule has 3 aromatic rings. The van der Waals surface area contributed by atoms with Crippen LogP contribution in [0.3, 0.4) is 0 Å². The smallest absolute Gasteiger partial charge is 0.414 e. The second kappa shape index (κ2) is 10.2. The number of aryl methyl sites for hydroxylation is 1. The van der Waals surface area contributed by atoms with Crippen LogP contribution in [0.15, 0.2) is 40.9 Å². The zero-order valence-electron chi connectivity index (χ0n) is 19.6. The Balaban J connectivity index is 1.42. The molecule has 3 heterocycles. The number of hydrogen-bond donors (Lipinski definition) is 1. The SMILES string of the molecule is Cc1nnc(-c2ccc(-c3ccc(N4CC(COC(=O)C(CN)C(C)C)OC4=O)cc3F)cn2)o1. The molecule has 10 nitrogen and oxygen atoms in total. The van der Waals surface area contributed by atoms with Gasteiger partial charge in [-0.2, -0.15) is 0 Å². The van der Waals surface area contributed by atoms with Crippen LogP contribution < -0.4 is 10.6 Å². The Morgan fingerprint density at radius 3 is 2.69 bits per heavy atom. The molecule has 1 aliphatic rings. The first-order chi connectivity index (χ1) is 16.8. The number of nitrogens with two attached hydrogens (primary N) is 1. The van der Waals surface area contributed by atoms with Gasteiger partial charge < -0.3 is 19.6 Å². The van der Waals surface area contributed by atoms with Crippen LogP contribution in [0.1, 0.15) is 19.7 Å². The van der Waals surface area contributed by atoms with Crippen molar-refractivity contribution in [2.75, 3.05) is 24.6 Å². The number of ether oxygens (including phenoxy) is 2. The average molecular weight is 484 g/mol. The van der Waals surface area contributed by atoms with Gasteiger partial charge >= 0.3 is 12.1 Å². The summed E-state index contributed by atoms with van der Waals surface area (Å²) in [6, 6.07) is 7.79. The molecule has 0 spiro atoms. The second-order valence-corrected chi connectivity index (χ2v) is 8.56. The van der Waals surface area contributed by atoms with Crippen LogP contribution in [0.2, 0.25) is 0 Å². The van der Waals surface area contributed by atoms with Crippen molar-refractivity contribution in [1.82, 2.24) is 15.2 Å². The minimum Gasteiger partial charge on any atom is -0.461 e. The van der Waals surface area contributed by atoms with E-state index in [0.717, 1.165) is 0 Å². The highest BCUT2D eigenvalue weighted by atomic mass is 19.1. The monoisotopic (exact) mass is 483 g/mol. The van der Waals surface area contributed by atoms with E-state index in [1.807, 2.05) is 13.8 Å². The number of anilines is 1. The first-order valence-electron chi connectivity index (χ1n) is 11.2. The van der Waals surface area contributed by atoms with Crippen LogP contribution in [-0.4, -0.2) is 53.0 Å². The molecule has 4 rings (SSSR count). The maximum atomic E-state index is 15.0. The maximum absolute atomic E-state index is 15.0. The number of benzene rings is 1. The van der Waals surface area contributed by atoms with Crippen molar-refractivity contribution in [3.63, 3.8) is 0 Å². The number of esters is 1. The Bertz CT molecular complexity index is 1210. The van der Waals surface area contributed by atoms with Gasteiger partial charge in [-0.05, 0) is 30.2 Å². The number of nitrogens with zero attached hydrogens (tertiary/aromatic N) is 4. The number of carbonyl (C=O) groups excluding carboxylic acids is 2. The van der Waals surface area contributed by atoms with E-state index in [0.29, 0.717) is 28.4 Å². The van der Waals surface area contributed by atoms with Crippen molar-refractivity contribution in [1.29, 1.82) is 0 Å². The molecule has 1 aromatic carbocycles. The molecule has 1 amide bonds. The molecule has 1 saturated heterocycles. The molecule has 0 saturated carbocycles. The van der Waals surface area contributed by atoms with Gasteiger partial charge in [-0.1, -0.05) is 19.9 Å². The third-order valence-corrected chi connectivity index (χ3v) is 5.73. The average Bonchev–Trinajstić information content (AvgIpc) is 3.43. The summed E-state index contributed by atoms with van der Waals surface area (Å²) in [6.45, 7) is 5.65. The zero-order chi connectivity index (χ0) is 25.1. The van der Waals surface area contributed by atoms with Crippen LogP contribution in [0.25, 0.3) is 22.7 Å². The Hall–Kier alpha value is -3.86. The lowest BCUT2D eigenvalue weighted by molar-refractivity contribution is -0.152. The molecule has 0 aliphatic carbocycles. The molecular weight excluding hydrogens is 457 g/mol. The topological polar surface area (TPSA) is 134 Å². The molecule has 2 aromatic heterocycles. The largest absolute Gasteiger partial charge is 0.461 e. The normalized spacial score (nSPS) is 16.5. The van der Waals surface area contributed by atoms with E-state index in [1.165, 1.54) is 17.2 Å². The highest BCUT2D eigenvalue weighted by molar-refractivity contribution is 5.90. The van der Waals surface area contributed by atoms with Crippen molar-refractivity contribution < 1.29 is 27.9 Å². The number of cyclic esters (lactones) is 1. The third kappa shape index (κ3) is 5.29. The van der Waals surface area contributed by atoms with Crippen molar-refractivity contribution in [2.45, 2.75) is 26.9 Å². The van der Waals surface area contributed by atoms with Gasteiger partial charge in [0.05, 0.1) is 18.2 Å². The zero-order valence-corrected chi connectivity index (χ0v) is 19.6. The standard InChI is InChI=1S/C24H26FN5O5/c1-13(2)19(9-26)23(31)33-12-17-11-30(24(32)35-17)16-5-6-18(20(25)8-16)15-4-7-21(27-10-15)22-29-28-14(3)34-22/h4-8,10,13,17,19H,9,11-12,26H2,1-3H3. The number of aromatic nitrogens is 3. The summed E-state index contributed by atoms with van der Waals surface area (Å²) in [5, 5.41) is 7.68. The fourth-order valence-electron chi connectivity index (χ4n) is 3.73. The van der Waals surface area contributed by atoms with E-state index < -0.39 is 29.9 Å². The van der Waals surface area contributed by atoms with Gasteiger partial charge in [-0.3, -0.25) is 14.7 Å². The number of halogens is 1. The Kier molecular flexibility index (Phi) is 7.06. The summed E-state index contributed by atoms with van der Waals surface area (Å²) >= 11 is 0. The summed E-state index contributed by atoms with van der Waals surface area (Å²) in [7, 11) is 0. The van der Waals surface area contributed by atoms with E-state index in [-0.39, 0.29) is 31.5 Å². The number of amides is 1. The fourth-order valence-corrected chi connectivity index (χ4v) is 3.73. The predicted molar refractivity (Wildman–Crippen MR) is 124 cm³/mol. The quantitative estimate of drug-likeness (QED) is 0.479. The summed E-state index contributed by atoms with van der Waals surface area (Å²) in [5.41, 5.74) is 7.30. The van der Waals surface area contributed by atoms with Crippen molar-refractivity contribution in [3.05, 3.63) is 48.2 Å². The van der Waals surface area contributed by atoms with Gasteiger partial charge in [0.15, 0.2) is 6.10 Å². The minimum absolute atomic E-state index is 0.0334. The van der Waals surface area contributed by atoms with Crippen LogP contribution in [0.4, 0.5) is 14.9 Å². The number of carbonyl (C=O) groups is 2. The lowest BCUT2D eigenvalue weighted by Gasteiger charge is -2.18. The van der Waals surface area contributed by atoms with Gasteiger partial charge in [0.1, 0.15) is 18.1 Å². The van der Waals surface area contributed by atoms with Crippen LogP contribution in [0, 0.1) is 24.6 Å². The number of pyridine rings is 1. The van der Waals surface area contributed by atoms with Gasteiger partial charge in [0.2, 0.25) is 5.89 Å². The van der Waals surface area contributed by atoms with E-state index in [9.17, 15) is 14.0 Å². The Morgan fingerprint density at radius 2 is 2.09 bits per heavy atom. The van der Waals surface area contributed by atoms with Gasteiger partial charge in [-0.15, -0.1) is 10.2 Å². The number of rotatable bonds is 8. The van der Waals surface area contributed by atoms with Crippen LogP contribution in [-0.2, 0) is 14.3 Å². The van der Waals surface area contributed by atoms with Crippen molar-refractivity contribution in [3.8, 4) is 22.7 Å². The molecule has 35 heavy (non-hydrogen) atoms. The number of hydrogen-bond acceptors (Lipinski definition) is 9. The molecule has 0 radical (unpaired) electrons. The third-order valence-electron chi connectivity index (χ3n) is 5.73. The fraction of sp³-hybridized carbons (Fsp3) is 0.375. The van der Waals surface area contributed by atoms with Gasteiger partial charge in [-0.25, -0.2) is 9.18 Å². The summed E-state index contributed by atoms with van der Waals surface area (Å²) in [5.74, 6) is -0.656. The predicted octanol–water partition coefficient (Wildman–Crippen LogP) is 3.35. The molecule has 2 unspecified atom stereocenters. The van der Waals surface area contributed by atoms with Gasteiger partial charge in [0.25, 0.3) is 5.89 Å². The van der Waals surface area contributed by atoms with E-state index >= 15 is 0 Å². The molecule has 2 atom stereocenters. The minimum atomic E-state index is -0.662. The first kappa shape index (κ1) is 24.3. The maximum Gasteiger partial charge on any atom is 0.414 e. The van der Waals surface area contributed by atoms with E-state index in [4.69, 9.17) is 19.6 Å². The Morgan fingerprint density at radius 1 is 1.29 bits per heavy atom. The summed E-state index contributed by atoms with van der Waals surface area (Å²) in [4.78, 5) is 30.1. The molecule has 11 heteroatoms. The summed E-state index contributed by atoms with van der Waals surface area (Å²) in [6.07, 6.45) is 0.205. The van der Waals surface area contributed by atoms with Gasteiger partial charge in [0, 0.05) is 30.8 Å². The molecule has 0 bridgehead atoms. The lowest BCUT2D eigenvalue weighted by atomic mass is 9.96. The van der Waals surface area contributed by atoms with Crippen LogP contribution >= 0.6 is 0 Å². The summed E-state index contributed by atoms with van der Waals surface area (Å²) < 4.78 is 30.9. The molecule has 2 N–H and O–H groups in total. The highest BCUT2D eigenvalue weighted by Gasteiger charge is 2.34. The lowest BCUT2D eigenvalue weighted by Crippen LogP contribution is -2.33. The molecule has 1 fully saturated rings. The molecule has 1 aliphatic heterocycles. The van der Waals surface area contributed by atoms with Crippen LogP contribution in [0.5, 0.6) is 0 Å².